The minimum Gasteiger partial charge on any atom is -0.326 e. The second-order valence-corrected chi connectivity index (χ2v) is 4.62. The molecule has 1 aromatic rings. The highest BCUT2D eigenvalue weighted by atomic mass is 16.1. The third-order valence-electron chi connectivity index (χ3n) is 2.97. The van der Waals surface area contributed by atoms with Gasteiger partial charge in [0, 0.05) is 5.69 Å². The summed E-state index contributed by atoms with van der Waals surface area (Å²) in [6, 6.07) is 5.47. The van der Waals surface area contributed by atoms with Gasteiger partial charge in [0.2, 0.25) is 5.91 Å². The molecule has 0 fully saturated rings. The number of hydrogen-bond acceptors (Lipinski definition) is 3. The third kappa shape index (κ3) is 2.22. The molecule has 2 rings (SSSR count). The van der Waals surface area contributed by atoms with Crippen molar-refractivity contribution in [2.45, 2.75) is 19.4 Å². The lowest BCUT2D eigenvalue weighted by molar-refractivity contribution is -0.121. The second kappa shape index (κ2) is 4.30. The van der Waals surface area contributed by atoms with E-state index in [0.717, 1.165) is 16.8 Å². The number of nitrogens with zero attached hydrogens (tertiary/aromatic N) is 1. The van der Waals surface area contributed by atoms with Crippen molar-refractivity contribution < 1.29 is 9.59 Å². The van der Waals surface area contributed by atoms with Crippen LogP contribution < -0.4 is 5.32 Å². The fourth-order valence-electron chi connectivity index (χ4n) is 2.32. The average molecular weight is 232 g/mol. The van der Waals surface area contributed by atoms with E-state index in [-0.39, 0.29) is 17.7 Å². The van der Waals surface area contributed by atoms with Crippen LogP contribution in [-0.2, 0) is 16.0 Å². The summed E-state index contributed by atoms with van der Waals surface area (Å²) in [6.07, 6.45) is 0.404. The summed E-state index contributed by atoms with van der Waals surface area (Å²) in [7, 11) is 3.76. The maximum Gasteiger partial charge on any atom is 0.228 e. The maximum atomic E-state index is 11.6. The monoisotopic (exact) mass is 232 g/mol. The predicted molar refractivity (Wildman–Crippen MR) is 65.9 cm³/mol. The van der Waals surface area contributed by atoms with Crippen LogP contribution >= 0.6 is 0 Å². The zero-order chi connectivity index (χ0) is 12.6. The first-order valence-corrected chi connectivity index (χ1v) is 5.58. The van der Waals surface area contributed by atoms with Crippen molar-refractivity contribution in [2.75, 3.05) is 19.4 Å². The third-order valence-corrected chi connectivity index (χ3v) is 2.97. The molecule has 17 heavy (non-hydrogen) atoms. The smallest absolute Gasteiger partial charge is 0.228 e. The van der Waals surface area contributed by atoms with Gasteiger partial charge in [0.05, 0.1) is 12.5 Å². The number of carbonyl (C=O) groups excluding carboxylic acids is 2. The van der Waals surface area contributed by atoms with Crippen molar-refractivity contribution in [3.8, 4) is 0 Å². The molecule has 4 heteroatoms. The molecule has 0 spiro atoms. The highest BCUT2D eigenvalue weighted by Crippen LogP contribution is 2.28. The first-order chi connectivity index (χ1) is 7.99. The van der Waals surface area contributed by atoms with E-state index in [1.807, 2.05) is 37.2 Å². The number of benzene rings is 1. The number of hydrogen-bond donors (Lipinski definition) is 1. The normalized spacial score (nSPS) is 15.6. The Morgan fingerprint density at radius 1 is 1.41 bits per heavy atom. The number of fused-ring (bicyclic) bond motifs is 1. The first kappa shape index (κ1) is 11.8. The average Bonchev–Trinajstić information content (AvgIpc) is 2.56. The molecule has 0 saturated carbocycles. The standard InChI is InChI=1S/C13H16N2O2/c1-8(16)13(15(2)3)9-4-5-11-10(6-9)7-12(17)14-11/h4-6,13H,7H2,1-3H3,(H,14,17). The Morgan fingerprint density at radius 2 is 2.12 bits per heavy atom. The summed E-state index contributed by atoms with van der Waals surface area (Å²) in [4.78, 5) is 24.8. The molecule has 1 N–H and O–H groups in total. The van der Waals surface area contributed by atoms with Crippen LogP contribution in [0.3, 0.4) is 0 Å². The van der Waals surface area contributed by atoms with E-state index >= 15 is 0 Å². The number of rotatable bonds is 3. The van der Waals surface area contributed by atoms with Crippen LogP contribution in [-0.4, -0.2) is 30.7 Å². The van der Waals surface area contributed by atoms with Crippen LogP contribution in [0.1, 0.15) is 24.1 Å². The molecule has 1 atom stereocenters. The Kier molecular flexibility index (Phi) is 2.98. The van der Waals surface area contributed by atoms with Gasteiger partial charge >= 0.3 is 0 Å². The molecule has 1 amide bonds. The van der Waals surface area contributed by atoms with Crippen molar-refractivity contribution in [1.82, 2.24) is 4.90 Å². The number of Topliss-reactive ketones (excluding diaryl/α,β-unsaturated/α-hetero) is 1. The fourth-order valence-corrected chi connectivity index (χ4v) is 2.32. The zero-order valence-corrected chi connectivity index (χ0v) is 10.3. The molecule has 1 heterocycles. The Hall–Kier alpha value is -1.68. The van der Waals surface area contributed by atoms with Gasteiger partial charge in [0.15, 0.2) is 5.78 Å². The number of nitrogens with one attached hydrogen (secondary N) is 1. The van der Waals surface area contributed by atoms with Gasteiger partial charge in [-0.2, -0.15) is 0 Å². The van der Waals surface area contributed by atoms with Crippen LogP contribution in [0, 0.1) is 0 Å². The minimum atomic E-state index is -0.240. The summed E-state index contributed by atoms with van der Waals surface area (Å²) >= 11 is 0. The van der Waals surface area contributed by atoms with E-state index in [0.29, 0.717) is 6.42 Å². The van der Waals surface area contributed by atoms with Gasteiger partial charge in [-0.1, -0.05) is 12.1 Å². The van der Waals surface area contributed by atoms with Crippen LogP contribution in [0.25, 0.3) is 0 Å². The number of likely N-dealkylation sites (N-methyl/N-ethyl adjacent to an activating group) is 1. The molecule has 0 aliphatic carbocycles. The minimum absolute atomic E-state index is 0.0152. The summed E-state index contributed by atoms with van der Waals surface area (Å²) in [5.41, 5.74) is 2.78. The number of anilines is 1. The van der Waals surface area contributed by atoms with Gasteiger partial charge in [-0.25, -0.2) is 0 Å². The predicted octanol–water partition coefficient (Wildman–Crippen LogP) is 1.37. The molecule has 0 aromatic heterocycles. The molecular formula is C13H16N2O2. The Bertz CT molecular complexity index is 480. The lowest BCUT2D eigenvalue weighted by Crippen LogP contribution is -2.26. The molecule has 1 unspecified atom stereocenters. The summed E-state index contributed by atoms with van der Waals surface area (Å²) < 4.78 is 0. The van der Waals surface area contributed by atoms with Crippen LogP contribution in [0.5, 0.6) is 0 Å². The lowest BCUT2D eigenvalue weighted by atomic mass is 9.99. The van der Waals surface area contributed by atoms with Crippen molar-refractivity contribution in [1.29, 1.82) is 0 Å². The Morgan fingerprint density at radius 3 is 2.71 bits per heavy atom. The molecule has 4 nitrogen and oxygen atoms in total. The lowest BCUT2D eigenvalue weighted by Gasteiger charge is -2.22. The molecule has 0 bridgehead atoms. The summed E-state index contributed by atoms with van der Waals surface area (Å²) in [6.45, 7) is 1.58. The van der Waals surface area contributed by atoms with Crippen LogP contribution in [0.2, 0.25) is 0 Å². The van der Waals surface area contributed by atoms with Crippen molar-refractivity contribution in [2.24, 2.45) is 0 Å². The van der Waals surface area contributed by atoms with E-state index in [2.05, 4.69) is 5.32 Å². The van der Waals surface area contributed by atoms with Gasteiger partial charge in [0.1, 0.15) is 0 Å². The molecule has 1 aromatic carbocycles. The van der Waals surface area contributed by atoms with Gasteiger partial charge in [-0.05, 0) is 38.2 Å². The van der Waals surface area contributed by atoms with Crippen molar-refractivity contribution >= 4 is 17.4 Å². The van der Waals surface area contributed by atoms with Crippen molar-refractivity contribution in [3.05, 3.63) is 29.3 Å². The summed E-state index contributed by atoms with van der Waals surface area (Å²) in [5.74, 6) is 0.119. The van der Waals surface area contributed by atoms with E-state index in [1.54, 1.807) is 6.92 Å². The van der Waals surface area contributed by atoms with Gasteiger partial charge in [-0.3, -0.25) is 14.5 Å². The van der Waals surface area contributed by atoms with Gasteiger partial charge in [0.25, 0.3) is 0 Å². The molecule has 90 valence electrons. The quantitative estimate of drug-likeness (QED) is 0.856. The highest BCUT2D eigenvalue weighted by molar-refractivity contribution is 5.99. The first-order valence-electron chi connectivity index (χ1n) is 5.58. The van der Waals surface area contributed by atoms with E-state index in [4.69, 9.17) is 0 Å². The van der Waals surface area contributed by atoms with Gasteiger partial charge < -0.3 is 5.32 Å². The maximum absolute atomic E-state index is 11.6. The molecule has 0 saturated heterocycles. The van der Waals surface area contributed by atoms with E-state index in [1.165, 1.54) is 0 Å². The van der Waals surface area contributed by atoms with E-state index in [9.17, 15) is 9.59 Å². The number of ketones is 1. The number of carbonyl (C=O) groups is 2. The molecular weight excluding hydrogens is 216 g/mol. The second-order valence-electron chi connectivity index (χ2n) is 4.62. The topological polar surface area (TPSA) is 49.4 Å². The summed E-state index contributed by atoms with van der Waals surface area (Å²) in [5, 5.41) is 2.78. The molecule has 1 aliphatic rings. The van der Waals surface area contributed by atoms with Gasteiger partial charge in [-0.15, -0.1) is 0 Å². The Labute approximate surface area is 101 Å². The molecule has 1 aliphatic heterocycles. The fraction of sp³-hybridized carbons (Fsp3) is 0.385. The Balaban J connectivity index is 2.37. The van der Waals surface area contributed by atoms with Crippen molar-refractivity contribution in [3.63, 3.8) is 0 Å². The molecule has 0 radical (unpaired) electrons. The SMILES string of the molecule is CC(=O)C(c1ccc2c(c1)CC(=O)N2)N(C)C. The van der Waals surface area contributed by atoms with E-state index < -0.39 is 0 Å². The highest BCUT2D eigenvalue weighted by Gasteiger charge is 2.23. The van der Waals surface area contributed by atoms with Crippen LogP contribution in [0.15, 0.2) is 18.2 Å². The largest absolute Gasteiger partial charge is 0.326 e. The van der Waals surface area contributed by atoms with Crippen LogP contribution in [0.4, 0.5) is 5.69 Å². The zero-order valence-electron chi connectivity index (χ0n) is 10.3. The number of amides is 1.